The monoisotopic (exact) mass is 233 g/mol. The van der Waals surface area contributed by atoms with Crippen molar-refractivity contribution in [1.82, 2.24) is 5.32 Å². The second-order valence-electron chi connectivity index (χ2n) is 5.52. The highest BCUT2D eigenvalue weighted by Gasteiger charge is 2.23. The molecule has 17 heavy (non-hydrogen) atoms. The van der Waals surface area contributed by atoms with E-state index in [-0.39, 0.29) is 0 Å². The predicted octanol–water partition coefficient (Wildman–Crippen LogP) is 3.10. The number of aromatic hydroxyl groups is 1. The molecule has 1 aliphatic rings. The van der Waals surface area contributed by atoms with Crippen LogP contribution in [0.4, 0.5) is 0 Å². The summed E-state index contributed by atoms with van der Waals surface area (Å²) >= 11 is 0. The van der Waals surface area contributed by atoms with Crippen molar-refractivity contribution in [3.63, 3.8) is 0 Å². The zero-order valence-electron chi connectivity index (χ0n) is 10.8. The van der Waals surface area contributed by atoms with E-state index in [9.17, 15) is 5.11 Å². The Morgan fingerprint density at radius 1 is 1.18 bits per heavy atom. The molecule has 1 saturated carbocycles. The van der Waals surface area contributed by atoms with Gasteiger partial charge in [-0.25, -0.2) is 0 Å². The molecular weight excluding hydrogens is 210 g/mol. The standard InChI is InChI=1S/C15H23NO/c1-11(9-13-3-4-13)16-12(2)10-14-5-7-15(17)8-6-14/h5-8,11-13,16-17H,3-4,9-10H2,1-2H3. The maximum atomic E-state index is 9.23. The maximum Gasteiger partial charge on any atom is 0.115 e. The van der Waals surface area contributed by atoms with Gasteiger partial charge in [-0.05, 0) is 50.3 Å². The van der Waals surface area contributed by atoms with Crippen molar-refractivity contribution in [2.45, 2.75) is 51.6 Å². The SMILES string of the molecule is CC(Cc1ccc(O)cc1)NC(C)CC1CC1. The van der Waals surface area contributed by atoms with Crippen molar-refractivity contribution in [1.29, 1.82) is 0 Å². The number of phenols is 1. The molecule has 1 aliphatic carbocycles. The number of nitrogens with one attached hydrogen (secondary N) is 1. The first-order valence-electron chi connectivity index (χ1n) is 6.67. The molecule has 1 aromatic rings. The van der Waals surface area contributed by atoms with E-state index in [0.717, 1.165) is 12.3 Å². The zero-order chi connectivity index (χ0) is 12.3. The largest absolute Gasteiger partial charge is 0.508 e. The predicted molar refractivity (Wildman–Crippen MR) is 71.2 cm³/mol. The molecule has 0 heterocycles. The lowest BCUT2D eigenvalue weighted by molar-refractivity contribution is 0.428. The summed E-state index contributed by atoms with van der Waals surface area (Å²) in [4.78, 5) is 0. The fourth-order valence-corrected chi connectivity index (χ4v) is 2.45. The third kappa shape index (κ3) is 4.39. The third-order valence-corrected chi connectivity index (χ3v) is 3.43. The fraction of sp³-hybridized carbons (Fsp3) is 0.600. The van der Waals surface area contributed by atoms with E-state index in [0.29, 0.717) is 17.8 Å². The van der Waals surface area contributed by atoms with Gasteiger partial charge in [0, 0.05) is 12.1 Å². The summed E-state index contributed by atoms with van der Waals surface area (Å²) < 4.78 is 0. The molecule has 1 fully saturated rings. The second-order valence-corrected chi connectivity index (χ2v) is 5.52. The number of phenolic OH excluding ortho intramolecular Hbond substituents is 1. The third-order valence-electron chi connectivity index (χ3n) is 3.43. The van der Waals surface area contributed by atoms with Gasteiger partial charge in [0.2, 0.25) is 0 Å². The molecule has 2 N–H and O–H groups in total. The van der Waals surface area contributed by atoms with Gasteiger partial charge in [-0.3, -0.25) is 0 Å². The van der Waals surface area contributed by atoms with Gasteiger partial charge in [0.15, 0.2) is 0 Å². The van der Waals surface area contributed by atoms with Crippen LogP contribution in [0.5, 0.6) is 5.75 Å². The minimum atomic E-state index is 0.344. The lowest BCUT2D eigenvalue weighted by Gasteiger charge is -2.20. The van der Waals surface area contributed by atoms with E-state index in [1.54, 1.807) is 12.1 Å². The lowest BCUT2D eigenvalue weighted by atomic mass is 10.1. The molecule has 0 spiro atoms. The topological polar surface area (TPSA) is 32.3 Å². The van der Waals surface area contributed by atoms with Crippen LogP contribution < -0.4 is 5.32 Å². The van der Waals surface area contributed by atoms with Gasteiger partial charge in [-0.2, -0.15) is 0 Å². The average molecular weight is 233 g/mol. The summed E-state index contributed by atoms with van der Waals surface area (Å²) in [6.07, 6.45) is 5.20. The van der Waals surface area contributed by atoms with Crippen molar-refractivity contribution < 1.29 is 5.11 Å². The minimum Gasteiger partial charge on any atom is -0.508 e. The number of hydrogen-bond acceptors (Lipinski definition) is 2. The first-order chi connectivity index (χ1) is 8.13. The van der Waals surface area contributed by atoms with Crippen LogP contribution in [0.3, 0.4) is 0 Å². The Balaban J connectivity index is 1.75. The Labute approximate surface area is 104 Å². The smallest absolute Gasteiger partial charge is 0.115 e. The van der Waals surface area contributed by atoms with Gasteiger partial charge in [-0.15, -0.1) is 0 Å². The number of benzene rings is 1. The Morgan fingerprint density at radius 3 is 2.41 bits per heavy atom. The van der Waals surface area contributed by atoms with Crippen LogP contribution in [0.1, 0.15) is 38.7 Å². The van der Waals surface area contributed by atoms with Gasteiger partial charge < -0.3 is 10.4 Å². The van der Waals surface area contributed by atoms with E-state index in [4.69, 9.17) is 0 Å². The van der Waals surface area contributed by atoms with E-state index < -0.39 is 0 Å². The number of rotatable bonds is 6. The van der Waals surface area contributed by atoms with Crippen molar-refractivity contribution in [3.8, 4) is 5.75 Å². The maximum absolute atomic E-state index is 9.23. The summed E-state index contributed by atoms with van der Waals surface area (Å²) in [5.41, 5.74) is 1.28. The van der Waals surface area contributed by atoms with Crippen molar-refractivity contribution in [2.24, 2.45) is 5.92 Å². The van der Waals surface area contributed by atoms with Gasteiger partial charge in [0.1, 0.15) is 5.75 Å². The minimum absolute atomic E-state index is 0.344. The van der Waals surface area contributed by atoms with E-state index >= 15 is 0 Å². The molecule has 1 aromatic carbocycles. The molecule has 2 rings (SSSR count). The Morgan fingerprint density at radius 2 is 1.82 bits per heavy atom. The lowest BCUT2D eigenvalue weighted by Crippen LogP contribution is -2.36. The molecule has 0 radical (unpaired) electrons. The van der Waals surface area contributed by atoms with E-state index in [1.807, 2.05) is 12.1 Å². The highest BCUT2D eigenvalue weighted by Crippen LogP contribution is 2.33. The molecule has 94 valence electrons. The average Bonchev–Trinajstić information content (AvgIpc) is 3.05. The summed E-state index contributed by atoms with van der Waals surface area (Å²) in [5, 5.41) is 12.9. The van der Waals surface area contributed by atoms with Gasteiger partial charge in [0.05, 0.1) is 0 Å². The summed E-state index contributed by atoms with van der Waals surface area (Å²) in [6.45, 7) is 4.52. The molecule has 0 bridgehead atoms. The van der Waals surface area contributed by atoms with Crippen LogP contribution in [0.15, 0.2) is 24.3 Å². The molecule has 0 saturated heterocycles. The molecular formula is C15H23NO. The normalized spacial score (nSPS) is 18.9. The number of hydrogen-bond donors (Lipinski definition) is 2. The first kappa shape index (κ1) is 12.4. The molecule has 2 nitrogen and oxygen atoms in total. The van der Waals surface area contributed by atoms with Crippen molar-refractivity contribution in [2.75, 3.05) is 0 Å². The molecule has 0 aromatic heterocycles. The highest BCUT2D eigenvalue weighted by molar-refractivity contribution is 5.26. The molecule has 2 atom stereocenters. The Bertz CT molecular complexity index is 342. The Hall–Kier alpha value is -1.02. The fourth-order valence-electron chi connectivity index (χ4n) is 2.45. The highest BCUT2D eigenvalue weighted by atomic mass is 16.3. The van der Waals surface area contributed by atoms with Crippen LogP contribution in [0.2, 0.25) is 0 Å². The van der Waals surface area contributed by atoms with Crippen molar-refractivity contribution in [3.05, 3.63) is 29.8 Å². The van der Waals surface area contributed by atoms with Gasteiger partial charge in [0.25, 0.3) is 0 Å². The van der Waals surface area contributed by atoms with E-state index in [2.05, 4.69) is 19.2 Å². The summed E-state index contributed by atoms with van der Waals surface area (Å²) in [7, 11) is 0. The molecule has 2 heteroatoms. The van der Waals surface area contributed by atoms with Crippen LogP contribution >= 0.6 is 0 Å². The van der Waals surface area contributed by atoms with Crippen molar-refractivity contribution >= 4 is 0 Å². The van der Waals surface area contributed by atoms with E-state index in [1.165, 1.54) is 24.8 Å². The Kier molecular flexibility index (Phi) is 4.06. The summed E-state index contributed by atoms with van der Waals surface area (Å²) in [5.74, 6) is 1.33. The first-order valence-corrected chi connectivity index (χ1v) is 6.67. The van der Waals surface area contributed by atoms with Crippen LogP contribution in [0, 0.1) is 5.92 Å². The second kappa shape index (κ2) is 5.54. The quantitative estimate of drug-likeness (QED) is 0.791. The van der Waals surface area contributed by atoms with Crippen LogP contribution in [-0.4, -0.2) is 17.2 Å². The van der Waals surface area contributed by atoms with Crippen LogP contribution in [0.25, 0.3) is 0 Å². The molecule has 0 amide bonds. The summed E-state index contributed by atoms with van der Waals surface area (Å²) in [6, 6.07) is 8.63. The molecule has 2 unspecified atom stereocenters. The molecule has 0 aliphatic heterocycles. The van der Waals surface area contributed by atoms with Gasteiger partial charge in [-0.1, -0.05) is 25.0 Å². The zero-order valence-corrected chi connectivity index (χ0v) is 10.8. The van der Waals surface area contributed by atoms with Gasteiger partial charge >= 0.3 is 0 Å². The van der Waals surface area contributed by atoms with Crippen LogP contribution in [-0.2, 0) is 6.42 Å².